The van der Waals surface area contributed by atoms with E-state index in [1.54, 1.807) is 37.1 Å². The summed E-state index contributed by atoms with van der Waals surface area (Å²) in [5, 5.41) is 6.61. The molecule has 0 atom stereocenters. The van der Waals surface area contributed by atoms with E-state index in [2.05, 4.69) is 20.5 Å². The Kier molecular flexibility index (Phi) is 9.04. The molecule has 1 aliphatic heterocycles. The van der Waals surface area contributed by atoms with E-state index in [0.717, 1.165) is 37.3 Å². The first kappa shape index (κ1) is 27.6. The minimum atomic E-state index is -0.345. The number of aromatic nitrogens is 2. The number of ether oxygens (including phenoxy) is 1. The molecule has 1 aliphatic rings. The molecular weight excluding hydrogens is 504 g/mol. The van der Waals surface area contributed by atoms with Crippen LogP contribution in [0.5, 0.6) is 5.75 Å². The van der Waals surface area contributed by atoms with Gasteiger partial charge < -0.3 is 24.8 Å². The quantitative estimate of drug-likeness (QED) is 0.433. The van der Waals surface area contributed by atoms with Crippen molar-refractivity contribution in [2.24, 2.45) is 7.05 Å². The molecule has 0 unspecified atom stereocenters. The maximum Gasteiger partial charge on any atom is 0.291 e. The van der Waals surface area contributed by atoms with E-state index in [1.807, 2.05) is 43.1 Å². The molecule has 10 heteroatoms. The van der Waals surface area contributed by atoms with Crippen LogP contribution in [0, 0.1) is 0 Å². The summed E-state index contributed by atoms with van der Waals surface area (Å²) in [5.74, 6) is 0.598. The number of carbonyl (C=O) groups is 2. The Balaban J connectivity index is 1.46. The van der Waals surface area contributed by atoms with E-state index in [4.69, 9.17) is 16.3 Å². The van der Waals surface area contributed by atoms with Crippen molar-refractivity contribution < 1.29 is 14.3 Å². The van der Waals surface area contributed by atoms with Crippen molar-refractivity contribution in [3.8, 4) is 17.0 Å². The lowest BCUT2D eigenvalue weighted by atomic mass is 10.0. The molecule has 0 saturated carbocycles. The second-order valence-corrected chi connectivity index (χ2v) is 9.70. The van der Waals surface area contributed by atoms with Crippen molar-refractivity contribution in [2.75, 3.05) is 58.7 Å². The average Bonchev–Trinajstić information content (AvgIpc) is 3.32. The molecule has 0 spiro atoms. The van der Waals surface area contributed by atoms with Crippen LogP contribution >= 0.6 is 11.6 Å². The van der Waals surface area contributed by atoms with E-state index in [-0.39, 0.29) is 17.6 Å². The maximum atomic E-state index is 13.3. The number of carbonyl (C=O) groups excluding carboxylic acids is 2. The topological polar surface area (TPSA) is 91.7 Å². The molecule has 2 aromatic carbocycles. The van der Waals surface area contributed by atoms with Crippen molar-refractivity contribution in [3.05, 3.63) is 64.6 Å². The molecule has 2 heterocycles. The van der Waals surface area contributed by atoms with Gasteiger partial charge in [-0.15, -0.1) is 0 Å². The van der Waals surface area contributed by atoms with Crippen molar-refractivity contribution in [1.29, 1.82) is 0 Å². The van der Waals surface area contributed by atoms with Crippen molar-refractivity contribution >= 4 is 29.1 Å². The van der Waals surface area contributed by atoms with Gasteiger partial charge in [-0.3, -0.25) is 14.5 Å². The number of piperazine rings is 1. The summed E-state index contributed by atoms with van der Waals surface area (Å²) in [6.07, 6.45) is 2.30. The fraction of sp³-hybridized carbons (Fsp3) is 0.393. The molecule has 0 bridgehead atoms. The van der Waals surface area contributed by atoms with Crippen LogP contribution in [-0.4, -0.2) is 84.6 Å². The number of likely N-dealkylation sites (N-methyl/N-ethyl adjacent to an activating group) is 1. The Morgan fingerprint density at radius 3 is 2.53 bits per heavy atom. The SMILES string of the molecule is CCc1cc(NC(=O)c2ncc(-c3ccc(OC)cc3Cl)n2C)ccc1C(=O)N1CCN(CCNC)CC1. The second kappa shape index (κ2) is 12.4. The van der Waals surface area contributed by atoms with Crippen LogP contribution in [-0.2, 0) is 13.5 Å². The predicted molar refractivity (Wildman–Crippen MR) is 150 cm³/mol. The molecule has 1 saturated heterocycles. The molecule has 1 aromatic heterocycles. The number of nitrogens with one attached hydrogen (secondary N) is 2. The van der Waals surface area contributed by atoms with Gasteiger partial charge >= 0.3 is 0 Å². The van der Waals surface area contributed by atoms with E-state index in [0.29, 0.717) is 47.2 Å². The number of amides is 2. The number of halogens is 1. The predicted octanol–water partition coefficient (Wildman–Crippen LogP) is 3.54. The number of rotatable bonds is 9. The van der Waals surface area contributed by atoms with E-state index < -0.39 is 0 Å². The van der Waals surface area contributed by atoms with Crippen LogP contribution in [0.4, 0.5) is 5.69 Å². The lowest BCUT2D eigenvalue weighted by molar-refractivity contribution is 0.0638. The van der Waals surface area contributed by atoms with Gasteiger partial charge in [0.1, 0.15) is 5.75 Å². The number of nitrogens with zero attached hydrogens (tertiary/aromatic N) is 4. The van der Waals surface area contributed by atoms with E-state index in [9.17, 15) is 9.59 Å². The number of hydrogen-bond donors (Lipinski definition) is 2. The fourth-order valence-electron chi connectivity index (χ4n) is 4.68. The summed E-state index contributed by atoms with van der Waals surface area (Å²) in [5.41, 5.74) is 3.66. The van der Waals surface area contributed by atoms with Crippen molar-refractivity contribution in [3.63, 3.8) is 0 Å². The summed E-state index contributed by atoms with van der Waals surface area (Å²) in [4.78, 5) is 35.0. The highest BCUT2D eigenvalue weighted by atomic mass is 35.5. The third-order valence-corrected chi connectivity index (χ3v) is 7.27. The highest BCUT2D eigenvalue weighted by Gasteiger charge is 2.24. The third kappa shape index (κ3) is 6.01. The molecule has 4 rings (SSSR count). The molecule has 202 valence electrons. The van der Waals surface area contributed by atoms with Gasteiger partial charge in [0.2, 0.25) is 0 Å². The zero-order valence-corrected chi connectivity index (χ0v) is 23.1. The van der Waals surface area contributed by atoms with Crippen LogP contribution < -0.4 is 15.4 Å². The summed E-state index contributed by atoms with van der Waals surface area (Å²) in [7, 11) is 5.30. The van der Waals surface area contributed by atoms with Crippen LogP contribution in [0.2, 0.25) is 5.02 Å². The van der Waals surface area contributed by atoms with Crippen molar-refractivity contribution in [1.82, 2.24) is 24.7 Å². The molecule has 2 N–H and O–H groups in total. The molecule has 0 radical (unpaired) electrons. The Morgan fingerprint density at radius 2 is 1.87 bits per heavy atom. The lowest BCUT2D eigenvalue weighted by Gasteiger charge is -2.35. The highest BCUT2D eigenvalue weighted by Crippen LogP contribution is 2.31. The van der Waals surface area contributed by atoms with Gasteiger partial charge in [0, 0.05) is 63.1 Å². The monoisotopic (exact) mass is 538 g/mol. The Morgan fingerprint density at radius 1 is 1.11 bits per heavy atom. The van der Waals surface area contributed by atoms with Crippen LogP contribution in [0.1, 0.15) is 33.5 Å². The minimum absolute atomic E-state index is 0.0399. The molecular formula is C28H35ClN6O3. The van der Waals surface area contributed by atoms with Crippen LogP contribution in [0.3, 0.4) is 0 Å². The van der Waals surface area contributed by atoms with Gasteiger partial charge in [0.15, 0.2) is 5.82 Å². The summed E-state index contributed by atoms with van der Waals surface area (Å²) in [6, 6.07) is 10.8. The Hall–Kier alpha value is -3.40. The fourth-order valence-corrected chi connectivity index (χ4v) is 4.94. The lowest BCUT2D eigenvalue weighted by Crippen LogP contribution is -2.50. The van der Waals surface area contributed by atoms with Gasteiger partial charge in [-0.05, 0) is 55.4 Å². The second-order valence-electron chi connectivity index (χ2n) is 9.29. The van der Waals surface area contributed by atoms with E-state index in [1.165, 1.54) is 0 Å². The largest absolute Gasteiger partial charge is 0.497 e. The van der Waals surface area contributed by atoms with Gasteiger partial charge in [0.25, 0.3) is 11.8 Å². The van der Waals surface area contributed by atoms with E-state index >= 15 is 0 Å². The highest BCUT2D eigenvalue weighted by molar-refractivity contribution is 6.33. The standard InChI is InChI=1S/C28H35ClN6O3/c1-5-19-16-20(6-8-22(19)28(37)35-14-12-34(13-15-35)11-10-30-2)32-27(36)26-31-18-25(33(26)3)23-9-7-21(38-4)17-24(23)29/h6-9,16-18,30H,5,10-15H2,1-4H3,(H,32,36). The summed E-state index contributed by atoms with van der Waals surface area (Å²) >= 11 is 6.43. The zero-order valence-electron chi connectivity index (χ0n) is 22.4. The Bertz CT molecular complexity index is 1300. The molecule has 2 amide bonds. The number of methoxy groups -OCH3 is 1. The number of imidazole rings is 1. The summed E-state index contributed by atoms with van der Waals surface area (Å²) < 4.78 is 6.93. The number of aryl methyl sites for hydroxylation is 1. The Labute approximate surface area is 228 Å². The van der Waals surface area contributed by atoms with Gasteiger partial charge in [-0.25, -0.2) is 4.98 Å². The normalized spacial score (nSPS) is 14.0. The number of benzene rings is 2. The smallest absolute Gasteiger partial charge is 0.291 e. The van der Waals surface area contributed by atoms with Gasteiger partial charge in [-0.1, -0.05) is 18.5 Å². The first-order valence-corrected chi connectivity index (χ1v) is 13.2. The molecule has 3 aromatic rings. The van der Waals surface area contributed by atoms with Gasteiger partial charge in [-0.2, -0.15) is 0 Å². The maximum absolute atomic E-state index is 13.3. The zero-order chi connectivity index (χ0) is 27.2. The van der Waals surface area contributed by atoms with Gasteiger partial charge in [0.05, 0.1) is 24.0 Å². The molecule has 9 nitrogen and oxygen atoms in total. The average molecular weight is 539 g/mol. The molecule has 0 aliphatic carbocycles. The number of anilines is 1. The molecule has 38 heavy (non-hydrogen) atoms. The minimum Gasteiger partial charge on any atom is -0.497 e. The third-order valence-electron chi connectivity index (χ3n) is 6.96. The molecule has 1 fully saturated rings. The first-order chi connectivity index (χ1) is 18.4. The van der Waals surface area contributed by atoms with Crippen LogP contribution in [0.25, 0.3) is 11.3 Å². The van der Waals surface area contributed by atoms with Crippen LogP contribution in [0.15, 0.2) is 42.6 Å². The van der Waals surface area contributed by atoms with Crippen molar-refractivity contribution in [2.45, 2.75) is 13.3 Å². The first-order valence-electron chi connectivity index (χ1n) is 12.8. The summed E-state index contributed by atoms with van der Waals surface area (Å²) in [6.45, 7) is 7.10. The number of hydrogen-bond acceptors (Lipinski definition) is 6.